The Morgan fingerprint density at radius 2 is 1.73 bits per heavy atom. The fourth-order valence-corrected chi connectivity index (χ4v) is 4.20. The van der Waals surface area contributed by atoms with Gasteiger partial charge in [0.2, 0.25) is 10.0 Å². The molecule has 30 heavy (non-hydrogen) atoms. The van der Waals surface area contributed by atoms with E-state index in [4.69, 9.17) is 21.1 Å². The number of sulfonamides is 1. The first-order valence-corrected chi connectivity index (χ1v) is 10.8. The van der Waals surface area contributed by atoms with Gasteiger partial charge in [-0.15, -0.1) is 0 Å². The van der Waals surface area contributed by atoms with Crippen LogP contribution < -0.4 is 19.8 Å². The van der Waals surface area contributed by atoms with Crippen LogP contribution in [0.15, 0.2) is 52.2 Å². The molecule has 1 aromatic heterocycles. The van der Waals surface area contributed by atoms with Gasteiger partial charge in [0.1, 0.15) is 16.5 Å². The average molecular weight is 452 g/mol. The van der Waals surface area contributed by atoms with Crippen LogP contribution >= 0.6 is 11.6 Å². The van der Waals surface area contributed by atoms with Crippen molar-refractivity contribution in [1.82, 2.24) is 14.1 Å². The van der Waals surface area contributed by atoms with Crippen LogP contribution in [0.1, 0.15) is 11.3 Å². The van der Waals surface area contributed by atoms with Crippen LogP contribution in [0.4, 0.5) is 0 Å². The summed E-state index contributed by atoms with van der Waals surface area (Å²) in [6.45, 7) is 1.78. The molecule has 0 saturated carbocycles. The molecule has 0 aliphatic heterocycles. The van der Waals surface area contributed by atoms with Crippen LogP contribution in [0.5, 0.6) is 11.5 Å². The van der Waals surface area contributed by atoms with Crippen molar-refractivity contribution >= 4 is 21.6 Å². The molecule has 0 unspecified atom stereocenters. The van der Waals surface area contributed by atoms with Crippen LogP contribution in [0.3, 0.4) is 0 Å². The number of halogens is 1. The first kappa shape index (κ1) is 21.9. The van der Waals surface area contributed by atoms with Crippen molar-refractivity contribution in [3.8, 4) is 17.2 Å². The second kappa shape index (κ2) is 8.55. The minimum Gasteiger partial charge on any atom is -0.497 e. The van der Waals surface area contributed by atoms with Crippen molar-refractivity contribution < 1.29 is 17.9 Å². The predicted octanol–water partition coefficient (Wildman–Crippen LogP) is 2.63. The van der Waals surface area contributed by atoms with Gasteiger partial charge in [-0.3, -0.25) is 9.48 Å². The molecule has 10 heteroatoms. The number of nitrogens with one attached hydrogen (secondary N) is 1. The molecule has 160 valence electrons. The molecule has 0 saturated heterocycles. The molecule has 1 heterocycles. The largest absolute Gasteiger partial charge is 0.497 e. The number of ether oxygens (including phenoxy) is 2. The minimum atomic E-state index is -3.78. The summed E-state index contributed by atoms with van der Waals surface area (Å²) in [4.78, 5) is 12.4. The molecule has 0 aliphatic carbocycles. The summed E-state index contributed by atoms with van der Waals surface area (Å²) in [6.07, 6.45) is 0. The van der Waals surface area contributed by atoms with Gasteiger partial charge in [0.05, 0.1) is 30.5 Å². The van der Waals surface area contributed by atoms with Crippen molar-refractivity contribution in [3.63, 3.8) is 0 Å². The van der Waals surface area contributed by atoms with Gasteiger partial charge in [-0.1, -0.05) is 17.7 Å². The predicted molar refractivity (Wildman–Crippen MR) is 114 cm³/mol. The van der Waals surface area contributed by atoms with E-state index in [0.29, 0.717) is 28.4 Å². The summed E-state index contributed by atoms with van der Waals surface area (Å²) in [5.74, 6) is 1.13. The Bertz CT molecular complexity index is 1230. The first-order valence-electron chi connectivity index (χ1n) is 8.94. The quantitative estimate of drug-likeness (QED) is 0.596. The summed E-state index contributed by atoms with van der Waals surface area (Å²) < 4.78 is 41.4. The van der Waals surface area contributed by atoms with Crippen LogP contribution in [0, 0.1) is 6.92 Å². The highest BCUT2D eigenvalue weighted by Gasteiger charge is 2.18. The van der Waals surface area contributed by atoms with E-state index in [1.165, 1.54) is 23.9 Å². The third-order valence-corrected chi connectivity index (χ3v) is 6.67. The highest BCUT2D eigenvalue weighted by molar-refractivity contribution is 7.89. The van der Waals surface area contributed by atoms with Gasteiger partial charge in [0.15, 0.2) is 0 Å². The highest BCUT2D eigenvalue weighted by atomic mass is 35.5. The standard InChI is InChI=1S/C20H22ClN3O5S/c1-13-19(21)20(25)24(23(13)2)15-6-9-17(10-7-15)30(26,27)22-12-14-5-8-16(28-3)11-18(14)29-4/h5-11,22H,12H2,1-4H3. The second-order valence-corrected chi connectivity index (χ2v) is 8.68. The number of benzene rings is 2. The summed E-state index contributed by atoms with van der Waals surface area (Å²) in [6, 6.07) is 11.1. The van der Waals surface area contributed by atoms with Gasteiger partial charge >= 0.3 is 0 Å². The number of rotatable bonds is 7. The first-order chi connectivity index (χ1) is 14.2. The topological polar surface area (TPSA) is 91.6 Å². The van der Waals surface area contributed by atoms with Gasteiger partial charge in [-0.2, -0.15) is 0 Å². The smallest absolute Gasteiger partial charge is 0.290 e. The van der Waals surface area contributed by atoms with Crippen molar-refractivity contribution in [1.29, 1.82) is 0 Å². The van der Waals surface area contributed by atoms with Crippen LogP contribution in [0.25, 0.3) is 5.69 Å². The molecule has 0 aliphatic rings. The van der Waals surface area contributed by atoms with E-state index >= 15 is 0 Å². The fourth-order valence-electron chi connectivity index (χ4n) is 2.99. The molecule has 0 radical (unpaired) electrons. The van der Waals surface area contributed by atoms with E-state index in [2.05, 4.69) is 4.72 Å². The van der Waals surface area contributed by atoms with Gasteiger partial charge in [0.25, 0.3) is 5.56 Å². The Kier molecular flexibility index (Phi) is 6.25. The van der Waals surface area contributed by atoms with Crippen molar-refractivity contribution in [2.45, 2.75) is 18.4 Å². The molecule has 0 fully saturated rings. The minimum absolute atomic E-state index is 0.0450. The molecule has 0 atom stereocenters. The molecule has 2 aromatic carbocycles. The number of hydrogen-bond donors (Lipinski definition) is 1. The molecule has 8 nitrogen and oxygen atoms in total. The molecular formula is C20H22ClN3O5S. The number of nitrogens with zero attached hydrogens (tertiary/aromatic N) is 2. The fraction of sp³-hybridized carbons (Fsp3) is 0.250. The zero-order valence-electron chi connectivity index (χ0n) is 17.0. The molecule has 1 N–H and O–H groups in total. The van der Waals surface area contributed by atoms with E-state index in [9.17, 15) is 13.2 Å². The lowest BCUT2D eigenvalue weighted by molar-refractivity contribution is 0.390. The van der Waals surface area contributed by atoms with Crippen molar-refractivity contribution in [3.05, 3.63) is 69.1 Å². The van der Waals surface area contributed by atoms with Crippen LogP contribution in [0.2, 0.25) is 5.02 Å². The SMILES string of the molecule is COc1ccc(CNS(=O)(=O)c2ccc(-n3c(=O)c(Cl)c(C)n3C)cc2)c(OC)c1. The number of hydrogen-bond acceptors (Lipinski definition) is 5. The lowest BCUT2D eigenvalue weighted by atomic mass is 10.2. The summed E-state index contributed by atoms with van der Waals surface area (Å²) in [7, 11) is 0.973. The van der Waals surface area contributed by atoms with Gasteiger partial charge < -0.3 is 9.47 Å². The van der Waals surface area contributed by atoms with E-state index in [1.54, 1.807) is 56.1 Å². The third-order valence-electron chi connectivity index (χ3n) is 4.82. The molecular weight excluding hydrogens is 430 g/mol. The Labute approximate surface area is 179 Å². The molecule has 0 amide bonds. The third kappa shape index (κ3) is 4.09. The summed E-state index contributed by atoms with van der Waals surface area (Å²) in [5, 5.41) is 0.129. The maximum atomic E-state index is 12.7. The van der Waals surface area contributed by atoms with Gasteiger partial charge in [-0.25, -0.2) is 17.8 Å². The van der Waals surface area contributed by atoms with Crippen LogP contribution in [-0.4, -0.2) is 32.0 Å². The van der Waals surface area contributed by atoms with Crippen molar-refractivity contribution in [2.24, 2.45) is 7.05 Å². The average Bonchev–Trinajstić information content (AvgIpc) is 2.95. The molecule has 3 aromatic rings. The summed E-state index contributed by atoms with van der Waals surface area (Å²) >= 11 is 6.02. The van der Waals surface area contributed by atoms with E-state index in [-0.39, 0.29) is 22.0 Å². The zero-order chi connectivity index (χ0) is 22.1. The lowest BCUT2D eigenvalue weighted by Crippen LogP contribution is -2.24. The van der Waals surface area contributed by atoms with Crippen LogP contribution in [-0.2, 0) is 23.6 Å². The maximum Gasteiger partial charge on any atom is 0.290 e. The van der Waals surface area contributed by atoms with E-state index in [1.807, 2.05) is 0 Å². The van der Waals surface area contributed by atoms with Gasteiger partial charge in [0, 0.05) is 25.2 Å². The molecule has 0 bridgehead atoms. The van der Waals surface area contributed by atoms with Crippen molar-refractivity contribution in [2.75, 3.05) is 14.2 Å². The Morgan fingerprint density at radius 3 is 2.27 bits per heavy atom. The van der Waals surface area contributed by atoms with Gasteiger partial charge in [-0.05, 0) is 37.3 Å². The zero-order valence-corrected chi connectivity index (χ0v) is 18.5. The maximum absolute atomic E-state index is 12.7. The molecule has 3 rings (SSSR count). The second-order valence-electron chi connectivity index (χ2n) is 6.54. The number of methoxy groups -OCH3 is 2. The summed E-state index contributed by atoms with van der Waals surface area (Å²) in [5.41, 5.74) is 1.43. The lowest BCUT2D eigenvalue weighted by Gasteiger charge is -2.12. The Hall–Kier alpha value is -2.75. The normalized spacial score (nSPS) is 11.5. The van der Waals surface area contributed by atoms with E-state index in [0.717, 1.165) is 0 Å². The monoisotopic (exact) mass is 451 g/mol. The van der Waals surface area contributed by atoms with E-state index < -0.39 is 10.0 Å². The Balaban J connectivity index is 1.83. The number of aromatic nitrogens is 2. The molecule has 0 spiro atoms. The Morgan fingerprint density at radius 1 is 1.07 bits per heavy atom. The highest BCUT2D eigenvalue weighted by Crippen LogP contribution is 2.25.